The molecule has 0 aliphatic heterocycles. The van der Waals surface area contributed by atoms with Crippen molar-refractivity contribution in [3.63, 3.8) is 0 Å². The number of hydrogen-bond acceptors (Lipinski definition) is 5. The van der Waals surface area contributed by atoms with Gasteiger partial charge in [0.1, 0.15) is 5.75 Å². The SMILES string of the molecule is Cc1ccc(C)c(NC(=O)COc2ccc(Br)cc2/C=N\NC(=O)C(=O)NCc2ccc(C(C)C)cc2)c1. The van der Waals surface area contributed by atoms with Crippen LogP contribution in [-0.4, -0.2) is 30.5 Å². The largest absolute Gasteiger partial charge is 0.483 e. The van der Waals surface area contributed by atoms with Gasteiger partial charge in [0.15, 0.2) is 6.61 Å². The lowest BCUT2D eigenvalue weighted by atomic mass is 10.0. The van der Waals surface area contributed by atoms with Gasteiger partial charge in [-0.05, 0) is 66.3 Å². The molecule has 0 fully saturated rings. The second kappa shape index (κ2) is 13.5. The van der Waals surface area contributed by atoms with Gasteiger partial charge in [-0.1, -0.05) is 66.2 Å². The molecule has 0 bridgehead atoms. The van der Waals surface area contributed by atoms with Gasteiger partial charge in [0.2, 0.25) is 0 Å². The number of amides is 3. The van der Waals surface area contributed by atoms with Crippen LogP contribution in [0.25, 0.3) is 0 Å². The van der Waals surface area contributed by atoms with E-state index in [-0.39, 0.29) is 19.1 Å². The molecular formula is C29H31BrN4O4. The second-order valence-corrected chi connectivity index (χ2v) is 10.0. The highest BCUT2D eigenvalue weighted by Crippen LogP contribution is 2.22. The Labute approximate surface area is 231 Å². The summed E-state index contributed by atoms with van der Waals surface area (Å²) in [5.74, 6) is -1.21. The first kappa shape index (κ1) is 28.6. The van der Waals surface area contributed by atoms with Gasteiger partial charge in [0, 0.05) is 22.3 Å². The molecule has 0 aromatic heterocycles. The van der Waals surface area contributed by atoms with E-state index in [1.807, 2.05) is 56.3 Å². The van der Waals surface area contributed by atoms with E-state index < -0.39 is 11.8 Å². The van der Waals surface area contributed by atoms with Crippen molar-refractivity contribution < 1.29 is 19.1 Å². The minimum absolute atomic E-state index is 0.219. The van der Waals surface area contributed by atoms with Crippen LogP contribution in [0.1, 0.15) is 47.6 Å². The van der Waals surface area contributed by atoms with Crippen LogP contribution in [0.5, 0.6) is 5.75 Å². The van der Waals surface area contributed by atoms with Gasteiger partial charge >= 0.3 is 11.8 Å². The molecule has 9 heteroatoms. The highest BCUT2D eigenvalue weighted by Gasteiger charge is 2.13. The Morgan fingerprint density at radius 1 is 0.974 bits per heavy atom. The van der Waals surface area contributed by atoms with Crippen molar-refractivity contribution in [2.24, 2.45) is 5.10 Å². The number of nitrogens with one attached hydrogen (secondary N) is 3. The third-order valence-corrected chi connectivity index (χ3v) is 6.17. The van der Waals surface area contributed by atoms with Crippen molar-refractivity contribution in [1.29, 1.82) is 0 Å². The molecule has 38 heavy (non-hydrogen) atoms. The van der Waals surface area contributed by atoms with Crippen LogP contribution >= 0.6 is 15.9 Å². The zero-order valence-corrected chi connectivity index (χ0v) is 23.4. The molecular weight excluding hydrogens is 548 g/mol. The van der Waals surface area contributed by atoms with Crippen LogP contribution in [0.3, 0.4) is 0 Å². The number of hydrogen-bond donors (Lipinski definition) is 3. The van der Waals surface area contributed by atoms with Crippen molar-refractivity contribution >= 4 is 45.6 Å². The number of carbonyl (C=O) groups excluding carboxylic acids is 3. The molecule has 0 atom stereocenters. The number of ether oxygens (including phenoxy) is 1. The van der Waals surface area contributed by atoms with Crippen molar-refractivity contribution in [1.82, 2.24) is 10.7 Å². The number of anilines is 1. The number of aryl methyl sites for hydroxylation is 2. The Morgan fingerprint density at radius 3 is 2.42 bits per heavy atom. The van der Waals surface area contributed by atoms with Crippen LogP contribution in [0.15, 0.2) is 70.2 Å². The highest BCUT2D eigenvalue weighted by atomic mass is 79.9. The van der Waals surface area contributed by atoms with Crippen molar-refractivity contribution in [3.05, 3.63) is 93.0 Å². The summed E-state index contributed by atoms with van der Waals surface area (Å²) in [6.07, 6.45) is 1.35. The van der Waals surface area contributed by atoms with Gasteiger partial charge in [0.05, 0.1) is 6.21 Å². The Balaban J connectivity index is 1.53. The van der Waals surface area contributed by atoms with Crippen LogP contribution in [0.4, 0.5) is 5.69 Å². The minimum atomic E-state index is -0.898. The summed E-state index contributed by atoms with van der Waals surface area (Å²) in [7, 11) is 0. The molecule has 0 aliphatic rings. The van der Waals surface area contributed by atoms with Gasteiger partial charge in [0.25, 0.3) is 5.91 Å². The molecule has 3 rings (SSSR count). The van der Waals surface area contributed by atoms with Crippen LogP contribution in [0, 0.1) is 13.8 Å². The van der Waals surface area contributed by atoms with Crippen LogP contribution < -0.4 is 20.8 Å². The maximum Gasteiger partial charge on any atom is 0.329 e. The first-order valence-electron chi connectivity index (χ1n) is 12.1. The Kier molecular flexibility index (Phi) is 10.2. The number of carbonyl (C=O) groups is 3. The Hall–Kier alpha value is -3.98. The Bertz CT molecular complexity index is 1340. The molecule has 3 aromatic carbocycles. The summed E-state index contributed by atoms with van der Waals surface area (Å²) < 4.78 is 6.44. The minimum Gasteiger partial charge on any atom is -0.483 e. The van der Waals surface area contributed by atoms with E-state index in [4.69, 9.17) is 4.74 Å². The second-order valence-electron chi connectivity index (χ2n) is 9.12. The summed E-state index contributed by atoms with van der Waals surface area (Å²) in [4.78, 5) is 36.7. The Morgan fingerprint density at radius 2 is 1.71 bits per heavy atom. The van der Waals surface area contributed by atoms with Gasteiger partial charge in [-0.2, -0.15) is 5.10 Å². The predicted molar refractivity (Wildman–Crippen MR) is 152 cm³/mol. The normalized spacial score (nSPS) is 10.9. The lowest BCUT2D eigenvalue weighted by Crippen LogP contribution is -2.37. The molecule has 0 unspecified atom stereocenters. The summed E-state index contributed by atoms with van der Waals surface area (Å²) in [6, 6.07) is 18.8. The first-order chi connectivity index (χ1) is 18.1. The zero-order chi connectivity index (χ0) is 27.7. The fourth-order valence-electron chi connectivity index (χ4n) is 3.45. The number of hydrazone groups is 1. The molecule has 3 amide bonds. The van der Waals surface area contributed by atoms with Crippen LogP contribution in [-0.2, 0) is 20.9 Å². The van der Waals surface area contributed by atoms with E-state index >= 15 is 0 Å². The highest BCUT2D eigenvalue weighted by molar-refractivity contribution is 9.10. The quantitative estimate of drug-likeness (QED) is 0.189. The standard InChI is InChI=1S/C29H31BrN4O4/c1-18(2)22-9-7-21(8-10-22)15-31-28(36)29(37)34-32-16-23-14-24(30)11-12-26(23)38-17-27(35)33-25-13-19(3)5-6-20(25)4/h5-14,16,18H,15,17H2,1-4H3,(H,31,36)(H,33,35)(H,34,37)/b32-16-. The maximum atomic E-state index is 12.4. The van der Waals surface area contributed by atoms with Crippen LogP contribution in [0.2, 0.25) is 0 Å². The molecule has 0 saturated carbocycles. The number of benzene rings is 3. The van der Waals surface area contributed by atoms with Crippen molar-refractivity contribution in [2.45, 2.75) is 40.2 Å². The van der Waals surface area contributed by atoms with Gasteiger partial charge < -0.3 is 15.4 Å². The summed E-state index contributed by atoms with van der Waals surface area (Å²) in [5.41, 5.74) is 7.52. The van der Waals surface area contributed by atoms with E-state index in [2.05, 4.69) is 50.9 Å². The molecule has 0 saturated heterocycles. The topological polar surface area (TPSA) is 109 Å². The number of rotatable bonds is 9. The maximum absolute atomic E-state index is 12.4. The number of halogens is 1. The molecule has 3 aromatic rings. The zero-order valence-electron chi connectivity index (χ0n) is 21.8. The summed E-state index contributed by atoms with van der Waals surface area (Å²) in [5, 5.41) is 9.30. The lowest BCUT2D eigenvalue weighted by Gasteiger charge is -2.12. The smallest absolute Gasteiger partial charge is 0.329 e. The molecule has 198 valence electrons. The van der Waals surface area contributed by atoms with Crippen molar-refractivity contribution in [3.8, 4) is 5.75 Å². The van der Waals surface area contributed by atoms with E-state index in [9.17, 15) is 14.4 Å². The van der Waals surface area contributed by atoms with Crippen molar-refractivity contribution in [2.75, 3.05) is 11.9 Å². The lowest BCUT2D eigenvalue weighted by molar-refractivity contribution is -0.139. The van der Waals surface area contributed by atoms with Gasteiger partial charge in [-0.3, -0.25) is 14.4 Å². The molecule has 0 heterocycles. The fourth-order valence-corrected chi connectivity index (χ4v) is 3.82. The first-order valence-corrected chi connectivity index (χ1v) is 12.9. The summed E-state index contributed by atoms with van der Waals surface area (Å²) in [6.45, 7) is 8.08. The molecule has 3 N–H and O–H groups in total. The third kappa shape index (κ3) is 8.55. The molecule has 0 radical (unpaired) electrons. The third-order valence-electron chi connectivity index (χ3n) is 5.67. The van der Waals surface area contributed by atoms with E-state index in [1.54, 1.807) is 18.2 Å². The monoisotopic (exact) mass is 578 g/mol. The molecule has 8 nitrogen and oxygen atoms in total. The fraction of sp³-hybridized carbons (Fsp3) is 0.241. The van der Waals surface area contributed by atoms with Gasteiger partial charge in [-0.25, -0.2) is 5.43 Å². The number of nitrogens with zero attached hydrogens (tertiary/aromatic N) is 1. The van der Waals surface area contributed by atoms with Gasteiger partial charge in [-0.15, -0.1) is 0 Å². The van der Waals surface area contributed by atoms with E-state index in [1.165, 1.54) is 11.8 Å². The summed E-state index contributed by atoms with van der Waals surface area (Å²) >= 11 is 3.39. The van der Waals surface area contributed by atoms with E-state index in [0.29, 0.717) is 17.2 Å². The molecule has 0 spiro atoms. The average Bonchev–Trinajstić information content (AvgIpc) is 2.89. The van der Waals surface area contributed by atoms with E-state index in [0.717, 1.165) is 26.9 Å². The molecule has 0 aliphatic carbocycles. The average molecular weight is 579 g/mol. The predicted octanol–water partition coefficient (Wildman–Crippen LogP) is 4.97.